The fourth-order valence-electron chi connectivity index (χ4n) is 3.42. The molecule has 1 heterocycles. The van der Waals surface area contributed by atoms with Gasteiger partial charge in [0.15, 0.2) is 17.5 Å². The first kappa shape index (κ1) is 19.9. The minimum absolute atomic E-state index is 0.376. The number of hydrogen-bond donors (Lipinski definition) is 2. The molecule has 0 aliphatic carbocycles. The number of nitrogens with one attached hydrogen (secondary N) is 2. The van der Waals surface area contributed by atoms with Crippen LogP contribution in [0.3, 0.4) is 0 Å². The van der Waals surface area contributed by atoms with E-state index in [-0.39, 0.29) is 0 Å². The minimum atomic E-state index is 0.376. The first-order chi connectivity index (χ1) is 13.7. The third-order valence-electron chi connectivity index (χ3n) is 4.86. The molecule has 0 amide bonds. The Morgan fingerprint density at radius 2 is 2.00 bits per heavy atom. The van der Waals surface area contributed by atoms with Gasteiger partial charge >= 0.3 is 0 Å². The summed E-state index contributed by atoms with van der Waals surface area (Å²) in [5, 5.41) is 6.94. The SMILES string of the molecule is CCOc1cc(CNC(=NC)NC2CCN(c3ccccc3)C2)ccc1OC. The highest BCUT2D eigenvalue weighted by molar-refractivity contribution is 5.80. The smallest absolute Gasteiger partial charge is 0.191 e. The molecule has 1 aliphatic heterocycles. The molecule has 2 N–H and O–H groups in total. The van der Waals surface area contributed by atoms with Crippen molar-refractivity contribution in [3.63, 3.8) is 0 Å². The maximum absolute atomic E-state index is 5.66. The van der Waals surface area contributed by atoms with Gasteiger partial charge in [0, 0.05) is 38.4 Å². The highest BCUT2D eigenvalue weighted by atomic mass is 16.5. The summed E-state index contributed by atoms with van der Waals surface area (Å²) in [4.78, 5) is 6.78. The van der Waals surface area contributed by atoms with Crippen LogP contribution < -0.4 is 25.0 Å². The second-order valence-electron chi connectivity index (χ2n) is 6.76. The van der Waals surface area contributed by atoms with Crippen LogP contribution in [0.5, 0.6) is 11.5 Å². The lowest BCUT2D eigenvalue weighted by atomic mass is 10.2. The van der Waals surface area contributed by atoms with Crippen molar-refractivity contribution in [1.29, 1.82) is 0 Å². The molecule has 1 atom stereocenters. The third-order valence-corrected chi connectivity index (χ3v) is 4.86. The van der Waals surface area contributed by atoms with Crippen molar-refractivity contribution in [3.8, 4) is 11.5 Å². The summed E-state index contributed by atoms with van der Waals surface area (Å²) in [5.74, 6) is 2.33. The molecule has 2 aromatic rings. The summed E-state index contributed by atoms with van der Waals surface area (Å²) in [6.07, 6.45) is 1.09. The largest absolute Gasteiger partial charge is 0.493 e. The van der Waals surface area contributed by atoms with E-state index in [2.05, 4.69) is 50.9 Å². The van der Waals surface area contributed by atoms with Gasteiger partial charge in [-0.3, -0.25) is 4.99 Å². The molecule has 0 radical (unpaired) electrons. The maximum Gasteiger partial charge on any atom is 0.191 e. The van der Waals surface area contributed by atoms with Crippen molar-refractivity contribution < 1.29 is 9.47 Å². The van der Waals surface area contributed by atoms with Crippen LogP contribution in [0.25, 0.3) is 0 Å². The van der Waals surface area contributed by atoms with Crippen LogP contribution in [0.2, 0.25) is 0 Å². The first-order valence-corrected chi connectivity index (χ1v) is 9.80. The summed E-state index contributed by atoms with van der Waals surface area (Å²) < 4.78 is 11.0. The molecule has 0 bridgehead atoms. The molecule has 6 nitrogen and oxygen atoms in total. The van der Waals surface area contributed by atoms with E-state index in [0.29, 0.717) is 19.2 Å². The Balaban J connectivity index is 1.53. The average Bonchev–Trinajstić information content (AvgIpc) is 3.21. The predicted octanol–water partition coefficient (Wildman–Crippen LogP) is 3.04. The highest BCUT2D eigenvalue weighted by Crippen LogP contribution is 2.28. The topological polar surface area (TPSA) is 58.1 Å². The van der Waals surface area contributed by atoms with Gasteiger partial charge in [-0.25, -0.2) is 0 Å². The lowest BCUT2D eigenvalue weighted by molar-refractivity contribution is 0.310. The van der Waals surface area contributed by atoms with E-state index >= 15 is 0 Å². The Labute approximate surface area is 167 Å². The van der Waals surface area contributed by atoms with Crippen LogP contribution in [-0.4, -0.2) is 45.9 Å². The molecule has 0 spiro atoms. The number of aliphatic imine (C=N–C) groups is 1. The van der Waals surface area contributed by atoms with E-state index in [4.69, 9.17) is 9.47 Å². The van der Waals surface area contributed by atoms with Gasteiger partial charge in [0.1, 0.15) is 0 Å². The zero-order valence-electron chi connectivity index (χ0n) is 16.9. The number of guanidine groups is 1. The zero-order valence-corrected chi connectivity index (χ0v) is 16.9. The molecule has 0 saturated carbocycles. The number of benzene rings is 2. The first-order valence-electron chi connectivity index (χ1n) is 9.80. The Kier molecular flexibility index (Phi) is 7.00. The van der Waals surface area contributed by atoms with E-state index in [9.17, 15) is 0 Å². The zero-order chi connectivity index (χ0) is 19.8. The van der Waals surface area contributed by atoms with E-state index in [1.54, 1.807) is 14.2 Å². The van der Waals surface area contributed by atoms with Crippen molar-refractivity contribution in [3.05, 3.63) is 54.1 Å². The summed E-state index contributed by atoms with van der Waals surface area (Å²) in [5.41, 5.74) is 2.39. The van der Waals surface area contributed by atoms with Gasteiger partial charge in [-0.15, -0.1) is 0 Å². The lowest BCUT2D eigenvalue weighted by Crippen LogP contribution is -2.44. The molecule has 1 fully saturated rings. The molecule has 1 unspecified atom stereocenters. The van der Waals surface area contributed by atoms with Crippen LogP contribution in [0.15, 0.2) is 53.5 Å². The molecule has 2 aromatic carbocycles. The third kappa shape index (κ3) is 5.09. The lowest BCUT2D eigenvalue weighted by Gasteiger charge is -2.20. The number of ether oxygens (including phenoxy) is 2. The van der Waals surface area contributed by atoms with Crippen LogP contribution >= 0.6 is 0 Å². The van der Waals surface area contributed by atoms with Crippen LogP contribution in [-0.2, 0) is 6.54 Å². The number of anilines is 1. The standard InChI is InChI=1S/C22H30N4O2/c1-4-28-21-14-17(10-11-20(21)27-3)15-24-22(23-2)25-18-12-13-26(16-18)19-8-6-5-7-9-19/h5-11,14,18H,4,12-13,15-16H2,1-3H3,(H2,23,24,25). The van der Waals surface area contributed by atoms with Crippen LogP contribution in [0, 0.1) is 0 Å². The van der Waals surface area contributed by atoms with Gasteiger partial charge < -0.3 is 25.0 Å². The minimum Gasteiger partial charge on any atom is -0.493 e. The van der Waals surface area contributed by atoms with E-state index in [1.165, 1.54) is 5.69 Å². The molecule has 0 aromatic heterocycles. The number of methoxy groups -OCH3 is 1. The number of rotatable bonds is 7. The van der Waals surface area contributed by atoms with Gasteiger partial charge in [-0.05, 0) is 43.2 Å². The Hall–Kier alpha value is -2.89. The monoisotopic (exact) mass is 382 g/mol. The van der Waals surface area contributed by atoms with Crippen molar-refractivity contribution in [1.82, 2.24) is 10.6 Å². The quantitative estimate of drug-likeness (QED) is 0.569. The summed E-state index contributed by atoms with van der Waals surface area (Å²) in [6, 6.07) is 16.9. The van der Waals surface area contributed by atoms with Crippen LogP contribution in [0.4, 0.5) is 5.69 Å². The van der Waals surface area contributed by atoms with Gasteiger partial charge in [0.05, 0.1) is 13.7 Å². The van der Waals surface area contributed by atoms with Crippen molar-refractivity contribution in [2.75, 3.05) is 38.8 Å². The fraction of sp³-hybridized carbons (Fsp3) is 0.409. The van der Waals surface area contributed by atoms with Crippen molar-refractivity contribution in [2.45, 2.75) is 25.9 Å². The summed E-state index contributed by atoms with van der Waals surface area (Å²) in [6.45, 7) is 5.27. The van der Waals surface area contributed by atoms with E-state index in [1.807, 2.05) is 25.1 Å². The Morgan fingerprint density at radius 1 is 1.18 bits per heavy atom. The van der Waals surface area contributed by atoms with Crippen molar-refractivity contribution in [2.24, 2.45) is 4.99 Å². The van der Waals surface area contributed by atoms with Gasteiger partial charge in [0.2, 0.25) is 0 Å². The summed E-state index contributed by atoms with van der Waals surface area (Å²) >= 11 is 0. The predicted molar refractivity (Wildman–Crippen MR) is 115 cm³/mol. The highest BCUT2D eigenvalue weighted by Gasteiger charge is 2.23. The second-order valence-corrected chi connectivity index (χ2v) is 6.76. The van der Waals surface area contributed by atoms with Crippen LogP contribution in [0.1, 0.15) is 18.9 Å². The molecule has 150 valence electrons. The number of nitrogens with zero attached hydrogens (tertiary/aromatic N) is 2. The molecule has 28 heavy (non-hydrogen) atoms. The number of para-hydroxylation sites is 1. The van der Waals surface area contributed by atoms with Crippen molar-refractivity contribution >= 4 is 11.6 Å². The molecule has 1 saturated heterocycles. The average molecular weight is 383 g/mol. The molecule has 1 aliphatic rings. The number of hydrogen-bond acceptors (Lipinski definition) is 4. The molecule has 3 rings (SSSR count). The molecule has 6 heteroatoms. The van der Waals surface area contributed by atoms with E-state index in [0.717, 1.165) is 42.5 Å². The van der Waals surface area contributed by atoms with Gasteiger partial charge in [-0.1, -0.05) is 24.3 Å². The van der Waals surface area contributed by atoms with Gasteiger partial charge in [-0.2, -0.15) is 0 Å². The summed E-state index contributed by atoms with van der Waals surface area (Å²) in [7, 11) is 3.46. The fourth-order valence-corrected chi connectivity index (χ4v) is 3.42. The molecular formula is C22H30N4O2. The molecular weight excluding hydrogens is 352 g/mol. The Bertz CT molecular complexity index is 779. The normalized spacial score (nSPS) is 16.8. The van der Waals surface area contributed by atoms with Gasteiger partial charge in [0.25, 0.3) is 0 Å². The maximum atomic E-state index is 5.66. The van der Waals surface area contributed by atoms with E-state index < -0.39 is 0 Å². The second kappa shape index (κ2) is 9.88. The Morgan fingerprint density at radius 3 is 2.71 bits per heavy atom.